The molecule has 0 aliphatic rings. The number of aryl methyl sites for hydroxylation is 2. The zero-order chi connectivity index (χ0) is 17.6. The fraction of sp³-hybridized carbons (Fsp3) is 0.238. The lowest BCUT2D eigenvalue weighted by Gasteiger charge is -2.07. The number of nitrogens with one attached hydrogen (secondary N) is 1. The van der Waals surface area contributed by atoms with E-state index in [4.69, 9.17) is 0 Å². The molecule has 0 aliphatic carbocycles. The van der Waals surface area contributed by atoms with E-state index >= 15 is 0 Å². The molecular weight excluding hydrogens is 328 g/mol. The van der Waals surface area contributed by atoms with Crippen LogP contribution in [0.5, 0.6) is 0 Å². The summed E-state index contributed by atoms with van der Waals surface area (Å²) >= 11 is 1.55. The lowest BCUT2D eigenvalue weighted by Crippen LogP contribution is -2.13. The first kappa shape index (κ1) is 17.4. The highest BCUT2D eigenvalue weighted by molar-refractivity contribution is 7.15. The van der Waals surface area contributed by atoms with Gasteiger partial charge in [0.15, 0.2) is 0 Å². The third-order valence-corrected chi connectivity index (χ3v) is 5.04. The number of carbonyl (C=O) groups is 1. The lowest BCUT2D eigenvalue weighted by molar-refractivity contribution is 0.102. The van der Waals surface area contributed by atoms with Crippen molar-refractivity contribution < 1.29 is 4.79 Å². The second-order valence-electron chi connectivity index (χ2n) is 6.03. The van der Waals surface area contributed by atoms with Crippen LogP contribution >= 0.6 is 11.3 Å². The Morgan fingerprint density at radius 1 is 1.08 bits per heavy atom. The van der Waals surface area contributed by atoms with Gasteiger partial charge in [0.1, 0.15) is 5.69 Å². The third kappa shape index (κ3) is 4.34. The second kappa shape index (κ2) is 8.08. The molecule has 1 aromatic heterocycles. The number of benzene rings is 2. The molecule has 128 valence electrons. The number of carbonyl (C=O) groups excluding carboxylic acids is 1. The summed E-state index contributed by atoms with van der Waals surface area (Å²) in [6.07, 6.45) is 3.45. The molecule has 3 aromatic rings. The first-order chi connectivity index (χ1) is 12.2. The van der Waals surface area contributed by atoms with E-state index in [1.165, 1.54) is 18.4 Å². The molecule has 0 atom stereocenters. The minimum Gasteiger partial charge on any atom is -0.321 e. The molecule has 0 radical (unpaired) electrons. The predicted octanol–water partition coefficient (Wildman–Crippen LogP) is 5.71. The summed E-state index contributed by atoms with van der Waals surface area (Å²) < 4.78 is 0. The Morgan fingerprint density at radius 3 is 2.48 bits per heavy atom. The molecule has 1 amide bonds. The number of unbranched alkanes of at least 4 members (excludes halogenated alkanes) is 1. The van der Waals surface area contributed by atoms with Gasteiger partial charge in [-0.15, -0.1) is 11.3 Å². The van der Waals surface area contributed by atoms with Crippen LogP contribution in [0.1, 0.15) is 40.8 Å². The van der Waals surface area contributed by atoms with Gasteiger partial charge in [-0.1, -0.05) is 55.8 Å². The maximum Gasteiger partial charge on any atom is 0.275 e. The van der Waals surface area contributed by atoms with Crippen molar-refractivity contribution in [1.82, 2.24) is 4.98 Å². The quantitative estimate of drug-likeness (QED) is 0.618. The maximum absolute atomic E-state index is 12.7. The van der Waals surface area contributed by atoms with E-state index in [9.17, 15) is 4.79 Å². The average molecular weight is 350 g/mol. The summed E-state index contributed by atoms with van der Waals surface area (Å²) in [4.78, 5) is 18.1. The van der Waals surface area contributed by atoms with E-state index in [0.717, 1.165) is 27.6 Å². The number of anilines is 1. The zero-order valence-corrected chi connectivity index (χ0v) is 15.4. The molecule has 1 heterocycles. The van der Waals surface area contributed by atoms with Gasteiger partial charge in [0.2, 0.25) is 0 Å². The van der Waals surface area contributed by atoms with Gasteiger partial charge in [-0.05, 0) is 43.0 Å². The van der Waals surface area contributed by atoms with Gasteiger partial charge in [0.25, 0.3) is 5.91 Å². The van der Waals surface area contributed by atoms with Crippen molar-refractivity contribution >= 4 is 22.9 Å². The SMILES string of the molecule is CCCCc1ccc(NC(=O)c2nc(C)sc2-c2ccccc2)cc1. The van der Waals surface area contributed by atoms with Gasteiger partial charge >= 0.3 is 0 Å². The molecule has 25 heavy (non-hydrogen) atoms. The van der Waals surface area contributed by atoms with Crippen molar-refractivity contribution in [3.05, 3.63) is 70.9 Å². The van der Waals surface area contributed by atoms with Crippen molar-refractivity contribution in [1.29, 1.82) is 0 Å². The minimum atomic E-state index is -0.162. The molecule has 2 aromatic carbocycles. The Labute approximate surface area is 152 Å². The van der Waals surface area contributed by atoms with Crippen LogP contribution in [0.4, 0.5) is 5.69 Å². The highest BCUT2D eigenvalue weighted by Crippen LogP contribution is 2.30. The number of hydrogen-bond acceptors (Lipinski definition) is 3. The molecule has 3 nitrogen and oxygen atoms in total. The number of nitrogens with zero attached hydrogens (tertiary/aromatic N) is 1. The maximum atomic E-state index is 12.7. The summed E-state index contributed by atoms with van der Waals surface area (Å²) in [5, 5.41) is 3.86. The number of amides is 1. The van der Waals surface area contributed by atoms with Crippen LogP contribution in [0.15, 0.2) is 54.6 Å². The van der Waals surface area contributed by atoms with Gasteiger partial charge in [-0.2, -0.15) is 0 Å². The molecule has 0 saturated carbocycles. The van der Waals surface area contributed by atoms with E-state index in [2.05, 4.69) is 29.4 Å². The van der Waals surface area contributed by atoms with E-state index in [-0.39, 0.29) is 5.91 Å². The van der Waals surface area contributed by atoms with Crippen molar-refractivity contribution in [2.75, 3.05) is 5.32 Å². The minimum absolute atomic E-state index is 0.162. The molecule has 0 spiro atoms. The predicted molar refractivity (Wildman–Crippen MR) is 105 cm³/mol. The van der Waals surface area contributed by atoms with Crippen molar-refractivity contribution in [2.45, 2.75) is 33.1 Å². The molecular formula is C21H22N2OS. The largest absolute Gasteiger partial charge is 0.321 e. The molecule has 0 fully saturated rings. The summed E-state index contributed by atoms with van der Waals surface area (Å²) in [5.74, 6) is -0.162. The molecule has 4 heteroatoms. The topological polar surface area (TPSA) is 42.0 Å². The molecule has 0 aliphatic heterocycles. The number of thiazole rings is 1. The normalized spacial score (nSPS) is 10.6. The summed E-state index contributed by atoms with van der Waals surface area (Å²) in [5.41, 5.74) is 3.61. The van der Waals surface area contributed by atoms with Crippen LogP contribution in [0, 0.1) is 6.92 Å². The Balaban J connectivity index is 1.78. The Hall–Kier alpha value is -2.46. The van der Waals surface area contributed by atoms with Crippen LogP contribution in [-0.4, -0.2) is 10.9 Å². The average Bonchev–Trinajstić information content (AvgIpc) is 3.04. The Morgan fingerprint density at radius 2 is 1.80 bits per heavy atom. The van der Waals surface area contributed by atoms with Crippen molar-refractivity contribution in [2.24, 2.45) is 0 Å². The smallest absolute Gasteiger partial charge is 0.275 e. The molecule has 0 unspecified atom stereocenters. The summed E-state index contributed by atoms with van der Waals surface area (Å²) in [6, 6.07) is 18.0. The van der Waals surface area contributed by atoms with E-state index < -0.39 is 0 Å². The Bertz CT molecular complexity index is 838. The molecule has 0 bridgehead atoms. The van der Waals surface area contributed by atoms with Gasteiger partial charge in [0, 0.05) is 5.69 Å². The van der Waals surface area contributed by atoms with E-state index in [1.54, 1.807) is 11.3 Å². The second-order valence-corrected chi connectivity index (χ2v) is 7.23. The van der Waals surface area contributed by atoms with Crippen molar-refractivity contribution in [3.8, 4) is 10.4 Å². The Kier molecular flexibility index (Phi) is 5.61. The number of aromatic nitrogens is 1. The standard InChI is InChI=1S/C21H22N2OS/c1-3-4-8-16-11-13-18(14-12-16)23-21(24)19-20(25-15(2)22-19)17-9-6-5-7-10-17/h5-7,9-14H,3-4,8H2,1-2H3,(H,23,24). The number of hydrogen-bond donors (Lipinski definition) is 1. The molecule has 0 saturated heterocycles. The highest BCUT2D eigenvalue weighted by atomic mass is 32.1. The summed E-state index contributed by atoms with van der Waals surface area (Å²) in [7, 11) is 0. The lowest BCUT2D eigenvalue weighted by atomic mass is 10.1. The van der Waals surface area contributed by atoms with Crippen molar-refractivity contribution in [3.63, 3.8) is 0 Å². The van der Waals surface area contributed by atoms with Gasteiger partial charge in [-0.25, -0.2) is 4.98 Å². The first-order valence-electron chi connectivity index (χ1n) is 8.60. The van der Waals surface area contributed by atoms with Gasteiger partial charge < -0.3 is 5.32 Å². The molecule has 1 N–H and O–H groups in total. The fourth-order valence-electron chi connectivity index (χ4n) is 2.69. The third-order valence-electron chi connectivity index (χ3n) is 4.02. The number of rotatable bonds is 6. The fourth-order valence-corrected chi connectivity index (χ4v) is 3.61. The summed E-state index contributed by atoms with van der Waals surface area (Å²) in [6.45, 7) is 4.12. The van der Waals surface area contributed by atoms with E-state index in [0.29, 0.717) is 5.69 Å². The molecule has 3 rings (SSSR count). The van der Waals surface area contributed by atoms with Crippen LogP contribution in [0.2, 0.25) is 0 Å². The van der Waals surface area contributed by atoms with Crippen LogP contribution in [-0.2, 0) is 6.42 Å². The monoisotopic (exact) mass is 350 g/mol. The highest BCUT2D eigenvalue weighted by Gasteiger charge is 2.18. The van der Waals surface area contributed by atoms with Gasteiger partial charge in [-0.3, -0.25) is 4.79 Å². The van der Waals surface area contributed by atoms with Crippen LogP contribution in [0.3, 0.4) is 0 Å². The zero-order valence-electron chi connectivity index (χ0n) is 14.6. The first-order valence-corrected chi connectivity index (χ1v) is 9.42. The van der Waals surface area contributed by atoms with Crippen LogP contribution < -0.4 is 5.32 Å². The van der Waals surface area contributed by atoms with Gasteiger partial charge in [0.05, 0.1) is 9.88 Å². The van der Waals surface area contributed by atoms with E-state index in [1.807, 2.05) is 49.4 Å². The van der Waals surface area contributed by atoms with Crippen LogP contribution in [0.25, 0.3) is 10.4 Å².